The number of rotatable bonds is 3. The molecule has 2 aliphatic rings. The highest BCUT2D eigenvalue weighted by Crippen LogP contribution is 2.36. The average Bonchev–Trinajstić information content (AvgIpc) is 3.10. The molecule has 20 heavy (non-hydrogen) atoms. The molecule has 0 amide bonds. The minimum atomic E-state index is -3.43. The van der Waals surface area contributed by atoms with E-state index in [0.717, 1.165) is 32.1 Å². The summed E-state index contributed by atoms with van der Waals surface area (Å²) < 4.78 is 27.5. The van der Waals surface area contributed by atoms with Gasteiger partial charge in [0.2, 0.25) is 0 Å². The van der Waals surface area contributed by atoms with Crippen LogP contribution < -0.4 is 0 Å². The standard InChI is InChI=1S/C14H19NO3S2/c16-13-7-3-5-11(13)12-6-1-2-9-15(12)20(17,18)14-8-4-10-19-14/h4,8,10-12H,1-3,5-7,9H2. The van der Waals surface area contributed by atoms with Crippen LogP contribution in [0.5, 0.6) is 0 Å². The Labute approximate surface area is 123 Å². The number of Topliss-reactive ketones (excluding diaryl/α,β-unsaturated/α-hetero) is 1. The molecule has 0 radical (unpaired) electrons. The molecule has 1 aliphatic heterocycles. The van der Waals surface area contributed by atoms with Crippen molar-refractivity contribution in [2.45, 2.75) is 48.8 Å². The summed E-state index contributed by atoms with van der Waals surface area (Å²) in [7, 11) is -3.43. The van der Waals surface area contributed by atoms with Crippen molar-refractivity contribution in [1.82, 2.24) is 4.31 Å². The van der Waals surface area contributed by atoms with E-state index in [2.05, 4.69) is 0 Å². The molecule has 1 saturated carbocycles. The topological polar surface area (TPSA) is 54.5 Å². The van der Waals surface area contributed by atoms with Crippen molar-refractivity contribution in [3.63, 3.8) is 0 Å². The van der Waals surface area contributed by atoms with Gasteiger partial charge in [-0.2, -0.15) is 4.31 Å². The third kappa shape index (κ3) is 2.44. The Hall–Kier alpha value is -0.720. The maximum absolute atomic E-state index is 12.7. The van der Waals surface area contributed by atoms with Crippen LogP contribution in [0.15, 0.2) is 21.7 Å². The van der Waals surface area contributed by atoms with E-state index in [1.165, 1.54) is 11.3 Å². The van der Waals surface area contributed by atoms with E-state index >= 15 is 0 Å². The zero-order chi connectivity index (χ0) is 14.2. The summed E-state index contributed by atoms with van der Waals surface area (Å²) in [5.74, 6) is 0.174. The van der Waals surface area contributed by atoms with Crippen molar-refractivity contribution in [2.75, 3.05) is 6.54 Å². The van der Waals surface area contributed by atoms with Crippen molar-refractivity contribution < 1.29 is 13.2 Å². The first-order chi connectivity index (χ1) is 9.60. The van der Waals surface area contributed by atoms with Gasteiger partial charge in [0.25, 0.3) is 10.0 Å². The zero-order valence-electron chi connectivity index (χ0n) is 11.3. The average molecular weight is 313 g/mol. The van der Waals surface area contributed by atoms with Gasteiger partial charge in [0.1, 0.15) is 9.99 Å². The second kappa shape index (κ2) is 5.58. The minimum absolute atomic E-state index is 0.0787. The van der Waals surface area contributed by atoms with E-state index in [0.29, 0.717) is 17.2 Å². The highest BCUT2D eigenvalue weighted by atomic mass is 32.2. The van der Waals surface area contributed by atoms with Crippen molar-refractivity contribution in [1.29, 1.82) is 0 Å². The van der Waals surface area contributed by atoms with Crippen LogP contribution in [0.1, 0.15) is 38.5 Å². The molecule has 2 unspecified atom stereocenters. The quantitative estimate of drug-likeness (QED) is 0.862. The maximum Gasteiger partial charge on any atom is 0.252 e. The molecule has 0 bridgehead atoms. The van der Waals surface area contributed by atoms with Gasteiger partial charge in [-0.15, -0.1) is 11.3 Å². The van der Waals surface area contributed by atoms with Gasteiger partial charge < -0.3 is 0 Å². The zero-order valence-corrected chi connectivity index (χ0v) is 13.0. The fourth-order valence-electron chi connectivity index (χ4n) is 3.41. The van der Waals surface area contributed by atoms with Crippen molar-refractivity contribution in [3.05, 3.63) is 17.5 Å². The first-order valence-electron chi connectivity index (χ1n) is 7.19. The Morgan fingerprint density at radius 2 is 2.05 bits per heavy atom. The molecule has 0 spiro atoms. The molecule has 3 rings (SSSR count). The fraction of sp³-hybridized carbons (Fsp3) is 0.643. The Morgan fingerprint density at radius 3 is 2.70 bits per heavy atom. The normalized spacial score (nSPS) is 28.9. The van der Waals surface area contributed by atoms with Gasteiger partial charge >= 0.3 is 0 Å². The lowest BCUT2D eigenvalue weighted by atomic mass is 9.90. The van der Waals surface area contributed by atoms with E-state index in [4.69, 9.17) is 0 Å². The monoisotopic (exact) mass is 313 g/mol. The lowest BCUT2D eigenvalue weighted by Crippen LogP contribution is -2.48. The minimum Gasteiger partial charge on any atom is -0.299 e. The van der Waals surface area contributed by atoms with E-state index in [-0.39, 0.29) is 17.7 Å². The van der Waals surface area contributed by atoms with Gasteiger partial charge in [0, 0.05) is 24.9 Å². The molecule has 0 N–H and O–H groups in total. The van der Waals surface area contributed by atoms with Crippen LogP contribution in [0.3, 0.4) is 0 Å². The summed E-state index contributed by atoms with van der Waals surface area (Å²) in [5, 5.41) is 1.78. The first kappa shape index (κ1) is 14.2. The van der Waals surface area contributed by atoms with Crippen LogP contribution in [-0.2, 0) is 14.8 Å². The van der Waals surface area contributed by atoms with E-state index in [1.807, 2.05) is 0 Å². The van der Waals surface area contributed by atoms with Gasteiger partial charge in [-0.05, 0) is 37.1 Å². The number of sulfonamides is 1. The molecule has 2 heterocycles. The van der Waals surface area contributed by atoms with Gasteiger partial charge in [-0.3, -0.25) is 4.79 Å². The number of carbonyl (C=O) groups is 1. The first-order valence-corrected chi connectivity index (χ1v) is 9.51. The van der Waals surface area contributed by atoms with E-state index in [9.17, 15) is 13.2 Å². The summed E-state index contributed by atoms with van der Waals surface area (Å²) >= 11 is 1.25. The summed E-state index contributed by atoms with van der Waals surface area (Å²) in [6.07, 6.45) is 5.11. The van der Waals surface area contributed by atoms with Crippen molar-refractivity contribution in [3.8, 4) is 0 Å². The Balaban J connectivity index is 1.91. The molecule has 2 atom stereocenters. The molecule has 6 heteroatoms. The number of nitrogens with zero attached hydrogens (tertiary/aromatic N) is 1. The Kier molecular flexibility index (Phi) is 3.97. The molecule has 2 fully saturated rings. The number of ketones is 1. The Morgan fingerprint density at radius 1 is 1.20 bits per heavy atom. The van der Waals surface area contributed by atoms with E-state index in [1.54, 1.807) is 21.8 Å². The summed E-state index contributed by atoms with van der Waals surface area (Å²) in [5.41, 5.74) is 0. The molecule has 4 nitrogen and oxygen atoms in total. The number of thiophene rings is 1. The summed E-state index contributed by atoms with van der Waals surface area (Å²) in [6, 6.07) is 3.30. The molecule has 1 aliphatic carbocycles. The van der Waals surface area contributed by atoms with Gasteiger partial charge in [0.15, 0.2) is 0 Å². The van der Waals surface area contributed by atoms with Crippen LogP contribution >= 0.6 is 11.3 Å². The van der Waals surface area contributed by atoms with Gasteiger partial charge in [-0.25, -0.2) is 8.42 Å². The number of hydrogen-bond acceptors (Lipinski definition) is 4. The highest BCUT2D eigenvalue weighted by molar-refractivity contribution is 7.91. The number of carbonyl (C=O) groups excluding carboxylic acids is 1. The third-order valence-corrected chi connectivity index (χ3v) is 7.67. The number of hydrogen-bond donors (Lipinski definition) is 0. The SMILES string of the molecule is O=C1CCCC1C1CCCCN1S(=O)(=O)c1cccs1. The van der Waals surface area contributed by atoms with Gasteiger partial charge in [-0.1, -0.05) is 12.5 Å². The molecule has 1 saturated heterocycles. The Bertz CT molecular complexity index is 580. The molecule has 1 aromatic heterocycles. The predicted octanol–water partition coefficient (Wildman–Crippen LogP) is 2.66. The molecular formula is C14H19NO3S2. The van der Waals surface area contributed by atoms with Crippen molar-refractivity contribution >= 4 is 27.1 Å². The summed E-state index contributed by atoms with van der Waals surface area (Å²) in [4.78, 5) is 12.0. The fourth-order valence-corrected chi connectivity index (χ4v) is 6.26. The second-order valence-electron chi connectivity index (χ2n) is 5.58. The van der Waals surface area contributed by atoms with Gasteiger partial charge in [0.05, 0.1) is 0 Å². The van der Waals surface area contributed by atoms with E-state index < -0.39 is 10.0 Å². The lowest BCUT2D eigenvalue weighted by Gasteiger charge is -2.37. The third-order valence-electron chi connectivity index (χ3n) is 4.37. The second-order valence-corrected chi connectivity index (χ2v) is 8.64. The maximum atomic E-state index is 12.7. The van der Waals surface area contributed by atoms with Crippen LogP contribution in [0.2, 0.25) is 0 Å². The largest absolute Gasteiger partial charge is 0.299 e. The molecule has 110 valence electrons. The predicted molar refractivity (Wildman–Crippen MR) is 78.2 cm³/mol. The molecule has 1 aromatic rings. The lowest BCUT2D eigenvalue weighted by molar-refractivity contribution is -0.122. The highest BCUT2D eigenvalue weighted by Gasteiger charge is 2.42. The van der Waals surface area contributed by atoms with Crippen LogP contribution in [0.4, 0.5) is 0 Å². The summed E-state index contributed by atoms with van der Waals surface area (Å²) in [6.45, 7) is 0.550. The number of piperidine rings is 1. The van der Waals surface area contributed by atoms with Crippen LogP contribution in [-0.4, -0.2) is 31.1 Å². The molecular weight excluding hydrogens is 294 g/mol. The molecule has 0 aromatic carbocycles. The smallest absolute Gasteiger partial charge is 0.252 e. The van der Waals surface area contributed by atoms with Crippen LogP contribution in [0, 0.1) is 5.92 Å². The van der Waals surface area contributed by atoms with Crippen molar-refractivity contribution in [2.24, 2.45) is 5.92 Å². The van der Waals surface area contributed by atoms with Crippen LogP contribution in [0.25, 0.3) is 0 Å².